The predicted octanol–water partition coefficient (Wildman–Crippen LogP) is 0.848. The van der Waals surface area contributed by atoms with Crippen LogP contribution in [0.2, 0.25) is 0 Å². The maximum absolute atomic E-state index is 9.48. The highest BCUT2D eigenvalue weighted by atomic mass is 16.3. The van der Waals surface area contributed by atoms with Crippen LogP contribution in [0.15, 0.2) is 0 Å². The van der Waals surface area contributed by atoms with Gasteiger partial charge in [0.15, 0.2) is 0 Å². The van der Waals surface area contributed by atoms with Crippen LogP contribution in [0.4, 0.5) is 0 Å². The van der Waals surface area contributed by atoms with Crippen LogP contribution in [0.5, 0.6) is 0 Å². The molecule has 0 aliphatic heterocycles. The fraction of sp³-hybridized carbons (Fsp3) is 0.700. The van der Waals surface area contributed by atoms with Crippen LogP contribution in [0.1, 0.15) is 38.2 Å². The predicted molar refractivity (Wildman–Crippen MR) is 55.1 cm³/mol. The second-order valence-electron chi connectivity index (χ2n) is 3.60. The summed E-state index contributed by atoms with van der Waals surface area (Å²) in [5, 5.41) is 26.0. The fourth-order valence-corrected chi connectivity index (χ4v) is 1.46. The summed E-state index contributed by atoms with van der Waals surface area (Å²) in [7, 11) is 0. The maximum atomic E-state index is 9.48. The Bertz CT molecular complexity index is 364. The lowest BCUT2D eigenvalue weighted by atomic mass is 10.1. The van der Waals surface area contributed by atoms with Gasteiger partial charge in [-0.3, -0.25) is 0 Å². The van der Waals surface area contributed by atoms with Gasteiger partial charge in [-0.1, -0.05) is 12.1 Å². The van der Waals surface area contributed by atoms with E-state index in [1.807, 2.05) is 13.8 Å². The average molecular weight is 208 g/mol. The average Bonchev–Trinajstić information content (AvgIpc) is 2.60. The van der Waals surface area contributed by atoms with Gasteiger partial charge >= 0.3 is 0 Å². The summed E-state index contributed by atoms with van der Waals surface area (Å²) < 4.78 is 1.71. The summed E-state index contributed by atoms with van der Waals surface area (Å²) in [4.78, 5) is 0. The molecule has 15 heavy (non-hydrogen) atoms. The first-order valence-corrected chi connectivity index (χ1v) is 5.09. The Morgan fingerprint density at radius 3 is 2.67 bits per heavy atom. The van der Waals surface area contributed by atoms with Crippen LogP contribution in [0.25, 0.3) is 0 Å². The number of aliphatic hydroxyl groups excluding tert-OH is 1. The van der Waals surface area contributed by atoms with Crippen molar-refractivity contribution in [1.82, 2.24) is 15.0 Å². The number of nitriles is 1. The van der Waals surface area contributed by atoms with E-state index in [-0.39, 0.29) is 12.5 Å². The van der Waals surface area contributed by atoms with E-state index in [1.54, 1.807) is 11.6 Å². The van der Waals surface area contributed by atoms with Gasteiger partial charge in [-0.15, -0.1) is 5.10 Å². The molecule has 5 nitrogen and oxygen atoms in total. The second-order valence-corrected chi connectivity index (χ2v) is 3.60. The van der Waals surface area contributed by atoms with Crippen molar-refractivity contribution in [1.29, 1.82) is 5.26 Å². The van der Waals surface area contributed by atoms with Crippen molar-refractivity contribution < 1.29 is 5.11 Å². The van der Waals surface area contributed by atoms with E-state index in [0.717, 1.165) is 12.1 Å². The van der Waals surface area contributed by atoms with E-state index >= 15 is 0 Å². The van der Waals surface area contributed by atoms with Gasteiger partial charge in [0, 0.05) is 0 Å². The zero-order chi connectivity index (χ0) is 11.4. The molecule has 1 heterocycles. The number of hydrogen-bond donors (Lipinski definition) is 1. The molecule has 0 fully saturated rings. The highest BCUT2D eigenvalue weighted by Crippen LogP contribution is 2.15. The minimum Gasteiger partial charge on any atom is -0.391 e. The minimum absolute atomic E-state index is 0.111. The summed E-state index contributed by atoms with van der Waals surface area (Å²) in [6.45, 7) is 5.59. The zero-order valence-electron chi connectivity index (χ0n) is 9.30. The number of aliphatic hydroxyl groups is 1. The van der Waals surface area contributed by atoms with Crippen LogP contribution < -0.4 is 0 Å². The van der Waals surface area contributed by atoms with Crippen molar-refractivity contribution in [2.45, 2.75) is 45.8 Å². The highest BCUT2D eigenvalue weighted by molar-refractivity contribution is 5.14. The van der Waals surface area contributed by atoms with Crippen molar-refractivity contribution in [3.8, 4) is 6.07 Å². The third-order valence-electron chi connectivity index (χ3n) is 2.54. The van der Waals surface area contributed by atoms with E-state index < -0.39 is 6.10 Å². The molecule has 1 N–H and O–H groups in total. The molecule has 1 aromatic rings. The SMILES string of the molecule is CCc1c(CC#N)nnn1C(C)C(C)O. The quantitative estimate of drug-likeness (QED) is 0.796. The molecule has 0 spiro atoms. The van der Waals surface area contributed by atoms with E-state index in [4.69, 9.17) is 5.26 Å². The van der Waals surface area contributed by atoms with Gasteiger partial charge in [0.2, 0.25) is 0 Å². The van der Waals surface area contributed by atoms with Gasteiger partial charge in [-0.2, -0.15) is 5.26 Å². The van der Waals surface area contributed by atoms with Gasteiger partial charge in [-0.25, -0.2) is 4.68 Å². The van der Waals surface area contributed by atoms with Crippen LogP contribution in [0, 0.1) is 11.3 Å². The molecule has 0 aromatic carbocycles. The third kappa shape index (κ3) is 2.34. The standard InChI is InChI=1S/C10H16N4O/c1-4-10-9(5-6-11)12-13-14(10)7(2)8(3)15/h7-8,15H,4-5H2,1-3H3. The first-order valence-electron chi connectivity index (χ1n) is 5.09. The lowest BCUT2D eigenvalue weighted by Gasteiger charge is -2.16. The summed E-state index contributed by atoms with van der Waals surface area (Å²) >= 11 is 0. The monoisotopic (exact) mass is 208 g/mol. The van der Waals surface area contributed by atoms with Crippen LogP contribution in [-0.2, 0) is 12.8 Å². The molecule has 0 aliphatic rings. The summed E-state index contributed by atoms with van der Waals surface area (Å²) in [6, 6.07) is 1.95. The summed E-state index contributed by atoms with van der Waals surface area (Å²) in [6.07, 6.45) is 0.559. The van der Waals surface area contributed by atoms with Crippen molar-refractivity contribution >= 4 is 0 Å². The Morgan fingerprint density at radius 2 is 2.20 bits per heavy atom. The molecule has 0 radical (unpaired) electrons. The second kappa shape index (κ2) is 4.89. The number of nitrogens with zero attached hydrogens (tertiary/aromatic N) is 4. The van der Waals surface area contributed by atoms with E-state index in [1.165, 1.54) is 0 Å². The molecule has 2 unspecified atom stereocenters. The van der Waals surface area contributed by atoms with E-state index in [0.29, 0.717) is 5.69 Å². The Morgan fingerprint density at radius 1 is 1.53 bits per heavy atom. The largest absolute Gasteiger partial charge is 0.391 e. The maximum Gasteiger partial charge on any atom is 0.0999 e. The van der Waals surface area contributed by atoms with Crippen molar-refractivity contribution in [3.63, 3.8) is 0 Å². The zero-order valence-corrected chi connectivity index (χ0v) is 9.30. The molecular formula is C10H16N4O. The molecule has 1 aromatic heterocycles. The van der Waals surface area contributed by atoms with Crippen LogP contribution in [-0.4, -0.2) is 26.2 Å². The molecule has 0 amide bonds. The minimum atomic E-state index is -0.480. The fourth-order valence-electron chi connectivity index (χ4n) is 1.46. The molecule has 0 saturated heterocycles. The van der Waals surface area contributed by atoms with Crippen LogP contribution >= 0.6 is 0 Å². The Balaban J connectivity index is 3.04. The topological polar surface area (TPSA) is 74.7 Å². The number of aromatic nitrogens is 3. The molecule has 0 saturated carbocycles. The lowest BCUT2D eigenvalue weighted by Crippen LogP contribution is -2.21. The Hall–Kier alpha value is -1.41. The number of rotatable bonds is 4. The van der Waals surface area contributed by atoms with Crippen molar-refractivity contribution in [2.75, 3.05) is 0 Å². The first kappa shape index (κ1) is 11.7. The van der Waals surface area contributed by atoms with Gasteiger partial charge in [0.05, 0.1) is 36.0 Å². The molecule has 82 valence electrons. The van der Waals surface area contributed by atoms with Gasteiger partial charge in [0.1, 0.15) is 0 Å². The summed E-state index contributed by atoms with van der Waals surface area (Å²) in [5.41, 5.74) is 1.65. The molecular weight excluding hydrogens is 192 g/mol. The Kier molecular flexibility index (Phi) is 3.81. The smallest absolute Gasteiger partial charge is 0.0999 e. The normalized spacial score (nSPS) is 14.6. The lowest BCUT2D eigenvalue weighted by molar-refractivity contribution is 0.129. The van der Waals surface area contributed by atoms with Crippen molar-refractivity contribution in [2.24, 2.45) is 0 Å². The van der Waals surface area contributed by atoms with E-state index in [2.05, 4.69) is 16.4 Å². The van der Waals surface area contributed by atoms with Crippen molar-refractivity contribution in [3.05, 3.63) is 11.4 Å². The summed E-state index contributed by atoms with van der Waals surface area (Å²) in [5.74, 6) is 0. The Labute approximate surface area is 89.3 Å². The van der Waals surface area contributed by atoms with E-state index in [9.17, 15) is 5.11 Å². The number of hydrogen-bond acceptors (Lipinski definition) is 4. The molecule has 0 bridgehead atoms. The van der Waals surface area contributed by atoms with Gasteiger partial charge in [-0.05, 0) is 20.3 Å². The highest BCUT2D eigenvalue weighted by Gasteiger charge is 2.18. The molecule has 2 atom stereocenters. The van der Waals surface area contributed by atoms with Crippen LogP contribution in [0.3, 0.4) is 0 Å². The molecule has 5 heteroatoms. The van der Waals surface area contributed by atoms with Gasteiger partial charge in [0.25, 0.3) is 0 Å². The van der Waals surface area contributed by atoms with Gasteiger partial charge < -0.3 is 5.11 Å². The molecule has 1 rings (SSSR count). The third-order valence-corrected chi connectivity index (χ3v) is 2.54. The first-order chi connectivity index (χ1) is 7.11. The molecule has 0 aliphatic carbocycles.